The quantitative estimate of drug-likeness (QED) is 0.319. The summed E-state index contributed by atoms with van der Waals surface area (Å²) in [6.45, 7) is 1.92. The molecule has 2 amide bonds. The van der Waals surface area contributed by atoms with Crippen LogP contribution < -0.4 is 9.96 Å². The van der Waals surface area contributed by atoms with E-state index in [2.05, 4.69) is 0 Å². The number of non-ortho nitro benzene ring substituents is 1. The fraction of sp³-hybridized carbons (Fsp3) is 0.167. The summed E-state index contributed by atoms with van der Waals surface area (Å²) in [6, 6.07) is 19.2. The first kappa shape index (κ1) is 21.1. The number of carbonyl (C=O) groups is 2. The Balaban J connectivity index is 1.61. The lowest BCUT2D eigenvalue weighted by atomic mass is 9.90. The van der Waals surface area contributed by atoms with Crippen LogP contribution >= 0.6 is 11.6 Å². The van der Waals surface area contributed by atoms with Crippen LogP contribution in [0.5, 0.6) is 0 Å². The van der Waals surface area contributed by atoms with Gasteiger partial charge in [0.15, 0.2) is 6.10 Å². The molecule has 0 spiro atoms. The van der Waals surface area contributed by atoms with E-state index in [0.717, 1.165) is 10.5 Å². The van der Waals surface area contributed by atoms with Crippen LogP contribution in [0.2, 0.25) is 5.02 Å². The summed E-state index contributed by atoms with van der Waals surface area (Å²) in [5, 5.41) is 13.1. The zero-order valence-electron chi connectivity index (χ0n) is 17.4. The number of nitrogens with zero attached hydrogens (tertiary/aromatic N) is 3. The van der Waals surface area contributed by atoms with E-state index < -0.39 is 34.8 Å². The zero-order valence-corrected chi connectivity index (χ0v) is 18.2. The van der Waals surface area contributed by atoms with Crippen molar-refractivity contribution in [3.05, 3.63) is 99.1 Å². The number of fused-ring (bicyclic) bond motifs is 1. The first-order chi connectivity index (χ1) is 15.9. The lowest BCUT2D eigenvalue weighted by Gasteiger charge is -2.29. The number of rotatable bonds is 4. The van der Waals surface area contributed by atoms with Gasteiger partial charge in [-0.15, -0.1) is 0 Å². The van der Waals surface area contributed by atoms with Crippen LogP contribution in [-0.2, 0) is 14.4 Å². The van der Waals surface area contributed by atoms with Crippen molar-refractivity contribution in [1.29, 1.82) is 0 Å². The fourth-order valence-corrected chi connectivity index (χ4v) is 4.61. The summed E-state index contributed by atoms with van der Waals surface area (Å²) in [6.07, 6.45) is -1.08. The zero-order chi connectivity index (χ0) is 23.3. The van der Waals surface area contributed by atoms with Crippen LogP contribution in [-0.4, -0.2) is 22.8 Å². The molecule has 2 aliphatic heterocycles. The Labute approximate surface area is 194 Å². The molecule has 8 nitrogen and oxygen atoms in total. The Bertz CT molecular complexity index is 1280. The smallest absolute Gasteiger partial charge is 0.271 e. The molecule has 0 aromatic heterocycles. The minimum Gasteiger partial charge on any atom is -0.273 e. The number of amides is 2. The van der Waals surface area contributed by atoms with E-state index >= 15 is 0 Å². The summed E-state index contributed by atoms with van der Waals surface area (Å²) in [7, 11) is 0. The molecule has 0 aliphatic carbocycles. The summed E-state index contributed by atoms with van der Waals surface area (Å²) in [5.74, 6) is -1.77. The number of nitro benzene ring substituents is 1. The Morgan fingerprint density at radius 2 is 1.67 bits per heavy atom. The second-order valence-corrected chi connectivity index (χ2v) is 8.38. The molecule has 9 heteroatoms. The van der Waals surface area contributed by atoms with Gasteiger partial charge in [0.05, 0.1) is 22.3 Å². The van der Waals surface area contributed by atoms with Crippen LogP contribution in [0.4, 0.5) is 17.1 Å². The number of carbonyl (C=O) groups excluding carboxylic acids is 2. The highest BCUT2D eigenvalue weighted by Gasteiger charge is 2.60. The van der Waals surface area contributed by atoms with Gasteiger partial charge in [-0.05, 0) is 36.8 Å². The standard InChI is InChI=1S/C24H18ClN3O5/c1-14-9-11-15(12-10-14)26-23(29)20-21(18-7-2-3-8-19(18)25)27(33-22(20)24(26)30)16-5-4-6-17(13-16)28(31)32/h2-13,20-22H,1H3/t20-,21-,22-/m1/s1. The van der Waals surface area contributed by atoms with Gasteiger partial charge >= 0.3 is 0 Å². The molecule has 0 bridgehead atoms. The molecule has 0 radical (unpaired) electrons. The molecular formula is C24H18ClN3O5. The first-order valence-corrected chi connectivity index (χ1v) is 10.6. The van der Waals surface area contributed by atoms with Crippen LogP contribution in [0, 0.1) is 23.0 Å². The third-order valence-electron chi connectivity index (χ3n) is 5.93. The van der Waals surface area contributed by atoms with Crippen molar-refractivity contribution in [3.63, 3.8) is 0 Å². The Hall–Kier alpha value is -3.75. The monoisotopic (exact) mass is 463 g/mol. The molecule has 2 aliphatic rings. The minimum absolute atomic E-state index is 0.134. The number of nitro groups is 1. The maximum Gasteiger partial charge on any atom is 0.271 e. The van der Waals surface area contributed by atoms with Gasteiger partial charge < -0.3 is 0 Å². The third-order valence-corrected chi connectivity index (χ3v) is 6.27. The predicted molar refractivity (Wildman–Crippen MR) is 122 cm³/mol. The molecule has 2 fully saturated rings. The summed E-state index contributed by atoms with van der Waals surface area (Å²) in [4.78, 5) is 44.8. The van der Waals surface area contributed by atoms with Gasteiger partial charge in [0.25, 0.3) is 11.6 Å². The van der Waals surface area contributed by atoms with E-state index in [1.54, 1.807) is 42.5 Å². The summed E-state index contributed by atoms with van der Waals surface area (Å²) in [5.41, 5.74) is 2.27. The van der Waals surface area contributed by atoms with Crippen LogP contribution in [0.15, 0.2) is 72.8 Å². The number of anilines is 2. The number of hydrogen-bond donors (Lipinski definition) is 0. The van der Waals surface area contributed by atoms with E-state index in [1.165, 1.54) is 23.3 Å². The van der Waals surface area contributed by atoms with E-state index in [1.807, 2.05) is 19.1 Å². The van der Waals surface area contributed by atoms with Crippen molar-refractivity contribution in [3.8, 4) is 0 Å². The number of aryl methyl sites for hydroxylation is 1. The molecular weight excluding hydrogens is 446 g/mol. The normalized spacial score (nSPS) is 22.1. The maximum absolute atomic E-state index is 13.6. The molecule has 0 N–H and O–H groups in total. The minimum atomic E-state index is -1.08. The molecule has 3 aromatic carbocycles. The molecule has 33 heavy (non-hydrogen) atoms. The van der Waals surface area contributed by atoms with Gasteiger partial charge in [0.2, 0.25) is 5.91 Å². The molecule has 2 saturated heterocycles. The average Bonchev–Trinajstić information content (AvgIpc) is 3.31. The summed E-state index contributed by atoms with van der Waals surface area (Å²) < 4.78 is 0. The van der Waals surface area contributed by atoms with E-state index in [-0.39, 0.29) is 5.69 Å². The number of halogens is 1. The van der Waals surface area contributed by atoms with Gasteiger partial charge in [-0.25, -0.2) is 9.96 Å². The van der Waals surface area contributed by atoms with Crippen molar-refractivity contribution in [1.82, 2.24) is 0 Å². The molecule has 0 saturated carbocycles. The van der Waals surface area contributed by atoms with Crippen molar-refractivity contribution < 1.29 is 19.3 Å². The van der Waals surface area contributed by atoms with Crippen LogP contribution in [0.1, 0.15) is 17.2 Å². The second-order valence-electron chi connectivity index (χ2n) is 7.97. The van der Waals surface area contributed by atoms with Crippen molar-refractivity contribution in [2.24, 2.45) is 5.92 Å². The highest BCUT2D eigenvalue weighted by Crippen LogP contribution is 2.49. The Morgan fingerprint density at radius 3 is 2.36 bits per heavy atom. The van der Waals surface area contributed by atoms with Gasteiger partial charge in [-0.2, -0.15) is 0 Å². The molecule has 5 rings (SSSR count). The highest BCUT2D eigenvalue weighted by molar-refractivity contribution is 6.31. The van der Waals surface area contributed by atoms with Gasteiger partial charge in [0, 0.05) is 17.2 Å². The molecule has 3 atom stereocenters. The fourth-order valence-electron chi connectivity index (χ4n) is 4.36. The Kier molecular flexibility index (Phi) is 5.11. The lowest BCUT2D eigenvalue weighted by Crippen LogP contribution is -2.37. The number of hydroxylamine groups is 1. The Morgan fingerprint density at radius 1 is 0.939 bits per heavy atom. The second kappa shape index (κ2) is 7.99. The van der Waals surface area contributed by atoms with E-state index in [4.69, 9.17) is 16.4 Å². The topological polar surface area (TPSA) is 93.0 Å². The lowest BCUT2D eigenvalue weighted by molar-refractivity contribution is -0.384. The van der Waals surface area contributed by atoms with Gasteiger partial charge in [-0.1, -0.05) is 53.6 Å². The third kappa shape index (κ3) is 3.44. The molecule has 0 unspecified atom stereocenters. The maximum atomic E-state index is 13.6. The van der Waals surface area contributed by atoms with Crippen molar-refractivity contribution in [2.75, 3.05) is 9.96 Å². The van der Waals surface area contributed by atoms with Crippen LogP contribution in [0.25, 0.3) is 0 Å². The van der Waals surface area contributed by atoms with Crippen molar-refractivity contribution >= 4 is 40.5 Å². The largest absolute Gasteiger partial charge is 0.273 e. The molecule has 166 valence electrons. The van der Waals surface area contributed by atoms with E-state index in [0.29, 0.717) is 22.0 Å². The summed E-state index contributed by atoms with van der Waals surface area (Å²) >= 11 is 6.48. The number of benzene rings is 3. The van der Waals surface area contributed by atoms with Crippen LogP contribution in [0.3, 0.4) is 0 Å². The van der Waals surface area contributed by atoms with Gasteiger partial charge in [0.1, 0.15) is 5.92 Å². The molecule has 2 heterocycles. The van der Waals surface area contributed by atoms with Crippen molar-refractivity contribution in [2.45, 2.75) is 19.1 Å². The highest BCUT2D eigenvalue weighted by atomic mass is 35.5. The van der Waals surface area contributed by atoms with Gasteiger partial charge in [-0.3, -0.25) is 24.5 Å². The molecule has 3 aromatic rings. The number of hydrogen-bond acceptors (Lipinski definition) is 6. The average molecular weight is 464 g/mol. The number of imide groups is 1. The van der Waals surface area contributed by atoms with E-state index in [9.17, 15) is 19.7 Å². The SMILES string of the molecule is Cc1ccc(N2C(=O)[C@@H]3[C@@H](c4ccccc4Cl)N(c4cccc([N+](=O)[O-])c4)O[C@H]3C2=O)cc1. The first-order valence-electron chi connectivity index (χ1n) is 10.3. The predicted octanol–water partition coefficient (Wildman–Crippen LogP) is 4.61.